The van der Waals surface area contributed by atoms with E-state index in [-0.39, 0.29) is 29.9 Å². The lowest BCUT2D eigenvalue weighted by molar-refractivity contribution is -0.139. The molecule has 0 spiro atoms. The molecule has 94 valence electrons. The zero-order valence-corrected chi connectivity index (χ0v) is 10.5. The van der Waals surface area contributed by atoms with Crippen molar-refractivity contribution in [2.45, 2.75) is 30.2 Å². The summed E-state index contributed by atoms with van der Waals surface area (Å²) < 4.78 is 0. The highest BCUT2D eigenvalue weighted by atomic mass is 32.2. The van der Waals surface area contributed by atoms with E-state index in [4.69, 9.17) is 5.11 Å². The predicted molar refractivity (Wildman–Crippen MR) is 64.8 cm³/mol. The van der Waals surface area contributed by atoms with Gasteiger partial charge in [-0.05, 0) is 13.2 Å². The monoisotopic (exact) mass is 248 g/mol. The molecule has 0 amide bonds. The van der Waals surface area contributed by atoms with Crippen molar-refractivity contribution >= 4 is 17.7 Å². The lowest BCUT2D eigenvalue weighted by atomic mass is 9.87. The molecule has 2 atom stereocenters. The molecule has 0 aliphatic carbocycles. The van der Waals surface area contributed by atoms with Crippen molar-refractivity contribution < 1.29 is 15.0 Å². The van der Waals surface area contributed by atoms with Crippen LogP contribution < -0.4 is 10.6 Å². The summed E-state index contributed by atoms with van der Waals surface area (Å²) in [6.07, 6.45) is 2.07. The number of carbonyl (C=O) groups is 1. The Morgan fingerprint density at radius 1 is 1.62 bits per heavy atom. The van der Waals surface area contributed by atoms with E-state index in [2.05, 4.69) is 10.6 Å². The third-order valence-corrected chi connectivity index (χ3v) is 4.15. The van der Waals surface area contributed by atoms with Gasteiger partial charge in [-0.15, -0.1) is 0 Å². The SMILES string of the molecule is CSC(CO)C(C)NC1(CC(=O)O)CNC1. The average molecular weight is 248 g/mol. The quantitative estimate of drug-likeness (QED) is 0.486. The van der Waals surface area contributed by atoms with Gasteiger partial charge in [-0.2, -0.15) is 11.8 Å². The van der Waals surface area contributed by atoms with Gasteiger partial charge in [0.1, 0.15) is 0 Å². The number of carboxylic acid groups (broad SMARTS) is 1. The molecule has 6 heteroatoms. The first-order valence-corrected chi connectivity index (χ1v) is 6.65. The van der Waals surface area contributed by atoms with Gasteiger partial charge in [0.05, 0.1) is 18.6 Å². The fourth-order valence-corrected chi connectivity index (χ4v) is 2.63. The van der Waals surface area contributed by atoms with Gasteiger partial charge in [0.2, 0.25) is 0 Å². The molecule has 1 aliphatic heterocycles. The maximum atomic E-state index is 10.8. The van der Waals surface area contributed by atoms with Gasteiger partial charge < -0.3 is 20.8 Å². The smallest absolute Gasteiger partial charge is 0.305 e. The van der Waals surface area contributed by atoms with Crippen LogP contribution in [0.1, 0.15) is 13.3 Å². The normalized spacial score (nSPS) is 22.2. The fraction of sp³-hybridized carbons (Fsp3) is 0.900. The van der Waals surface area contributed by atoms with Gasteiger partial charge in [-0.1, -0.05) is 0 Å². The zero-order chi connectivity index (χ0) is 12.2. The summed E-state index contributed by atoms with van der Waals surface area (Å²) in [6.45, 7) is 3.44. The molecule has 16 heavy (non-hydrogen) atoms. The Bertz CT molecular complexity index is 242. The fourth-order valence-electron chi connectivity index (χ4n) is 2.01. The molecule has 1 fully saturated rings. The molecule has 1 saturated heterocycles. The number of aliphatic carboxylic acids is 1. The Balaban J connectivity index is 2.52. The first-order chi connectivity index (χ1) is 7.53. The van der Waals surface area contributed by atoms with Crippen molar-refractivity contribution in [3.05, 3.63) is 0 Å². The molecule has 0 aromatic heterocycles. The van der Waals surface area contributed by atoms with Crippen LogP contribution in [0.5, 0.6) is 0 Å². The van der Waals surface area contributed by atoms with E-state index in [1.54, 1.807) is 11.8 Å². The van der Waals surface area contributed by atoms with E-state index in [1.807, 2.05) is 13.2 Å². The molecule has 4 N–H and O–H groups in total. The van der Waals surface area contributed by atoms with Crippen LogP contribution in [0, 0.1) is 0 Å². The minimum atomic E-state index is -0.786. The van der Waals surface area contributed by atoms with Gasteiger partial charge in [-0.3, -0.25) is 4.79 Å². The Kier molecular flexibility index (Phi) is 5.04. The second-order valence-corrected chi connectivity index (χ2v) is 5.42. The minimum absolute atomic E-state index is 0.0986. The average Bonchev–Trinajstić information content (AvgIpc) is 2.15. The standard InChI is InChI=1S/C10H20N2O3S/c1-7(8(4-13)16-2)12-10(3-9(14)15)5-11-6-10/h7-8,11-13H,3-6H2,1-2H3,(H,14,15). The number of aliphatic hydroxyl groups is 1. The van der Waals surface area contributed by atoms with E-state index >= 15 is 0 Å². The zero-order valence-electron chi connectivity index (χ0n) is 9.69. The molecule has 5 nitrogen and oxygen atoms in total. The van der Waals surface area contributed by atoms with Crippen LogP contribution in [-0.4, -0.2) is 59.0 Å². The molecule has 1 heterocycles. The predicted octanol–water partition coefficient (Wildman–Crippen LogP) is -0.495. The number of hydrogen-bond acceptors (Lipinski definition) is 5. The van der Waals surface area contributed by atoms with E-state index < -0.39 is 5.97 Å². The van der Waals surface area contributed by atoms with Crippen molar-refractivity contribution in [1.82, 2.24) is 10.6 Å². The number of nitrogens with one attached hydrogen (secondary N) is 2. The Labute approximate surface area is 100.0 Å². The van der Waals surface area contributed by atoms with E-state index in [0.717, 1.165) is 0 Å². The highest BCUT2D eigenvalue weighted by Gasteiger charge is 2.40. The number of hydrogen-bond donors (Lipinski definition) is 4. The van der Waals surface area contributed by atoms with Crippen LogP contribution in [0.15, 0.2) is 0 Å². The van der Waals surface area contributed by atoms with Crippen LogP contribution in [0.2, 0.25) is 0 Å². The number of rotatable bonds is 7. The summed E-state index contributed by atoms with van der Waals surface area (Å²) in [5.41, 5.74) is -0.339. The van der Waals surface area contributed by atoms with Crippen LogP contribution in [-0.2, 0) is 4.79 Å². The summed E-state index contributed by atoms with van der Waals surface area (Å²) in [5, 5.41) is 24.6. The maximum Gasteiger partial charge on any atom is 0.305 e. The highest BCUT2D eigenvalue weighted by Crippen LogP contribution is 2.20. The Morgan fingerprint density at radius 3 is 2.56 bits per heavy atom. The lowest BCUT2D eigenvalue weighted by Gasteiger charge is -2.45. The molecule has 0 aromatic carbocycles. The Morgan fingerprint density at radius 2 is 2.25 bits per heavy atom. The van der Waals surface area contributed by atoms with Crippen molar-refractivity contribution in [3.63, 3.8) is 0 Å². The molecule has 1 aliphatic rings. The van der Waals surface area contributed by atoms with Crippen molar-refractivity contribution in [1.29, 1.82) is 0 Å². The van der Waals surface area contributed by atoms with Crippen LogP contribution in [0.3, 0.4) is 0 Å². The van der Waals surface area contributed by atoms with Crippen molar-refractivity contribution in [3.8, 4) is 0 Å². The largest absolute Gasteiger partial charge is 0.481 e. The number of aliphatic hydroxyl groups excluding tert-OH is 1. The maximum absolute atomic E-state index is 10.8. The van der Waals surface area contributed by atoms with Gasteiger partial charge in [0, 0.05) is 24.4 Å². The van der Waals surface area contributed by atoms with Crippen LogP contribution >= 0.6 is 11.8 Å². The molecule has 0 saturated carbocycles. The minimum Gasteiger partial charge on any atom is -0.481 e. The lowest BCUT2D eigenvalue weighted by Crippen LogP contribution is -2.71. The van der Waals surface area contributed by atoms with Crippen LogP contribution in [0.25, 0.3) is 0 Å². The third-order valence-electron chi connectivity index (χ3n) is 2.99. The summed E-state index contributed by atoms with van der Waals surface area (Å²) in [6, 6.07) is 0.0986. The number of carboxylic acids is 1. The summed E-state index contributed by atoms with van der Waals surface area (Å²) in [4.78, 5) is 10.8. The van der Waals surface area contributed by atoms with Crippen LogP contribution in [0.4, 0.5) is 0 Å². The third kappa shape index (κ3) is 3.35. The van der Waals surface area contributed by atoms with E-state index in [1.165, 1.54) is 0 Å². The summed E-state index contributed by atoms with van der Waals surface area (Å²) in [5.74, 6) is -0.786. The summed E-state index contributed by atoms with van der Waals surface area (Å²) >= 11 is 1.59. The molecular weight excluding hydrogens is 228 g/mol. The van der Waals surface area contributed by atoms with Gasteiger partial charge >= 0.3 is 5.97 Å². The molecular formula is C10H20N2O3S. The molecule has 2 unspecified atom stereocenters. The molecule has 0 bridgehead atoms. The topological polar surface area (TPSA) is 81.6 Å². The summed E-state index contributed by atoms with van der Waals surface area (Å²) in [7, 11) is 0. The van der Waals surface area contributed by atoms with Crippen molar-refractivity contribution in [2.24, 2.45) is 0 Å². The molecule has 0 radical (unpaired) electrons. The molecule has 1 rings (SSSR count). The Hall–Kier alpha value is -0.300. The van der Waals surface area contributed by atoms with Gasteiger partial charge in [0.25, 0.3) is 0 Å². The van der Waals surface area contributed by atoms with Gasteiger partial charge in [-0.25, -0.2) is 0 Å². The first-order valence-electron chi connectivity index (χ1n) is 5.37. The number of thioether (sulfide) groups is 1. The second-order valence-electron chi connectivity index (χ2n) is 4.34. The van der Waals surface area contributed by atoms with E-state index in [9.17, 15) is 9.90 Å². The second kappa shape index (κ2) is 5.86. The van der Waals surface area contributed by atoms with Gasteiger partial charge in [0.15, 0.2) is 0 Å². The molecule has 0 aromatic rings. The highest BCUT2D eigenvalue weighted by molar-refractivity contribution is 7.99. The van der Waals surface area contributed by atoms with E-state index in [0.29, 0.717) is 13.1 Å². The first kappa shape index (κ1) is 13.8. The van der Waals surface area contributed by atoms with Crippen molar-refractivity contribution in [2.75, 3.05) is 26.0 Å².